The fourth-order valence-corrected chi connectivity index (χ4v) is 1.39. The molecule has 0 aromatic heterocycles. The van der Waals surface area contributed by atoms with Crippen LogP contribution in [-0.4, -0.2) is 0 Å². The van der Waals surface area contributed by atoms with Crippen molar-refractivity contribution in [1.82, 2.24) is 0 Å². The van der Waals surface area contributed by atoms with Crippen molar-refractivity contribution in [3.8, 4) is 11.5 Å². The van der Waals surface area contributed by atoms with E-state index >= 15 is 0 Å². The quantitative estimate of drug-likeness (QED) is 0.728. The molecule has 0 spiro atoms. The maximum Gasteiger partial charge on any atom is 0.128 e. The van der Waals surface area contributed by atoms with Gasteiger partial charge in [-0.15, -0.1) is 0 Å². The van der Waals surface area contributed by atoms with E-state index in [4.69, 9.17) is 16.3 Å². The second-order valence-electron chi connectivity index (χ2n) is 3.17. The Bertz CT molecular complexity index is 451. The highest BCUT2D eigenvalue weighted by Crippen LogP contribution is 2.25. The summed E-state index contributed by atoms with van der Waals surface area (Å²) >= 11 is 5.94. The largest absolute Gasteiger partial charge is 0.457 e. The molecule has 0 N–H and O–H groups in total. The maximum atomic E-state index is 5.94. The monoisotopic (exact) mass is 217 g/mol. The van der Waals surface area contributed by atoms with E-state index < -0.39 is 0 Å². The van der Waals surface area contributed by atoms with Crippen molar-refractivity contribution >= 4 is 11.6 Å². The van der Waals surface area contributed by atoms with E-state index in [1.807, 2.05) is 42.5 Å². The molecule has 0 saturated carbocycles. The molecular formula is C13H10ClO. The lowest BCUT2D eigenvalue weighted by Crippen LogP contribution is -1.84. The van der Waals surface area contributed by atoms with Gasteiger partial charge in [0.2, 0.25) is 0 Å². The van der Waals surface area contributed by atoms with Gasteiger partial charge in [-0.2, -0.15) is 0 Å². The molecule has 2 aromatic carbocycles. The van der Waals surface area contributed by atoms with E-state index in [0.717, 1.165) is 17.1 Å². The Kier molecular flexibility index (Phi) is 2.93. The number of ether oxygens (including phenoxy) is 1. The van der Waals surface area contributed by atoms with Gasteiger partial charge in [-0.05, 0) is 36.8 Å². The van der Waals surface area contributed by atoms with Gasteiger partial charge >= 0.3 is 0 Å². The Morgan fingerprint density at radius 2 is 1.67 bits per heavy atom. The molecule has 0 fully saturated rings. The predicted octanol–water partition coefficient (Wildman–Crippen LogP) is 4.31. The predicted molar refractivity (Wildman–Crippen MR) is 62.4 cm³/mol. The van der Waals surface area contributed by atoms with E-state index in [2.05, 4.69) is 6.92 Å². The molecule has 0 aliphatic rings. The van der Waals surface area contributed by atoms with Gasteiger partial charge in [0.25, 0.3) is 0 Å². The van der Waals surface area contributed by atoms with Crippen LogP contribution >= 0.6 is 11.6 Å². The van der Waals surface area contributed by atoms with Crippen LogP contribution in [0.15, 0.2) is 48.5 Å². The van der Waals surface area contributed by atoms with Crippen molar-refractivity contribution in [2.24, 2.45) is 0 Å². The SMILES string of the molecule is [CH2]c1ccc(Oc2ccccc2)cc1Cl. The third-order valence-electron chi connectivity index (χ3n) is 2.00. The van der Waals surface area contributed by atoms with Crippen molar-refractivity contribution in [2.75, 3.05) is 0 Å². The van der Waals surface area contributed by atoms with Crippen LogP contribution in [0.1, 0.15) is 5.56 Å². The number of halogens is 1. The average molecular weight is 218 g/mol. The summed E-state index contributed by atoms with van der Waals surface area (Å²) < 4.78 is 5.60. The van der Waals surface area contributed by atoms with Gasteiger partial charge in [0.05, 0.1) is 0 Å². The Balaban J connectivity index is 2.22. The van der Waals surface area contributed by atoms with E-state index in [1.54, 1.807) is 6.07 Å². The minimum absolute atomic E-state index is 0.614. The first kappa shape index (κ1) is 10.1. The van der Waals surface area contributed by atoms with Crippen molar-refractivity contribution in [3.05, 3.63) is 66.0 Å². The van der Waals surface area contributed by atoms with E-state index in [9.17, 15) is 0 Å². The molecule has 1 radical (unpaired) electrons. The van der Waals surface area contributed by atoms with Crippen molar-refractivity contribution in [2.45, 2.75) is 0 Å². The highest BCUT2D eigenvalue weighted by atomic mass is 35.5. The van der Waals surface area contributed by atoms with Gasteiger partial charge in [0.1, 0.15) is 11.5 Å². The van der Waals surface area contributed by atoms with Gasteiger partial charge in [-0.25, -0.2) is 0 Å². The minimum atomic E-state index is 0.614. The molecule has 0 aliphatic carbocycles. The van der Waals surface area contributed by atoms with E-state index in [1.165, 1.54) is 0 Å². The Morgan fingerprint density at radius 3 is 2.33 bits per heavy atom. The van der Waals surface area contributed by atoms with Crippen LogP contribution in [0.2, 0.25) is 5.02 Å². The molecule has 15 heavy (non-hydrogen) atoms. The molecule has 0 heterocycles. The topological polar surface area (TPSA) is 9.23 Å². The van der Waals surface area contributed by atoms with Gasteiger partial charge < -0.3 is 4.74 Å². The molecule has 0 saturated heterocycles. The maximum absolute atomic E-state index is 5.94. The van der Waals surface area contributed by atoms with E-state index in [-0.39, 0.29) is 0 Å². The smallest absolute Gasteiger partial charge is 0.128 e. The molecule has 0 atom stereocenters. The Morgan fingerprint density at radius 1 is 0.933 bits per heavy atom. The summed E-state index contributed by atoms with van der Waals surface area (Å²) in [6, 6.07) is 15.0. The molecule has 0 amide bonds. The first-order valence-corrected chi connectivity index (χ1v) is 4.98. The first-order chi connectivity index (χ1) is 7.25. The summed E-state index contributed by atoms with van der Waals surface area (Å²) in [6.45, 7) is 3.78. The third kappa shape index (κ3) is 2.51. The molecular weight excluding hydrogens is 208 g/mol. The lowest BCUT2D eigenvalue weighted by atomic mass is 10.2. The normalized spacial score (nSPS) is 10.0. The molecule has 0 aliphatic heterocycles. The molecule has 75 valence electrons. The zero-order chi connectivity index (χ0) is 10.7. The van der Waals surface area contributed by atoms with Crippen LogP contribution in [0.3, 0.4) is 0 Å². The number of benzene rings is 2. The second-order valence-corrected chi connectivity index (χ2v) is 3.58. The summed E-state index contributed by atoms with van der Waals surface area (Å²) in [4.78, 5) is 0. The molecule has 0 bridgehead atoms. The highest BCUT2D eigenvalue weighted by molar-refractivity contribution is 6.31. The lowest BCUT2D eigenvalue weighted by molar-refractivity contribution is 0.482. The number of para-hydroxylation sites is 1. The second kappa shape index (κ2) is 4.37. The van der Waals surface area contributed by atoms with Crippen LogP contribution in [-0.2, 0) is 0 Å². The van der Waals surface area contributed by atoms with Crippen molar-refractivity contribution in [3.63, 3.8) is 0 Å². The number of hydrogen-bond acceptors (Lipinski definition) is 1. The average Bonchev–Trinajstić information content (AvgIpc) is 2.25. The minimum Gasteiger partial charge on any atom is -0.457 e. The Hall–Kier alpha value is -1.47. The summed E-state index contributed by atoms with van der Waals surface area (Å²) in [6.07, 6.45) is 0. The number of rotatable bonds is 2. The summed E-state index contributed by atoms with van der Waals surface area (Å²) in [5.41, 5.74) is 0.803. The molecule has 1 nitrogen and oxygen atoms in total. The molecule has 2 aromatic rings. The molecule has 2 rings (SSSR count). The first-order valence-electron chi connectivity index (χ1n) is 4.60. The summed E-state index contributed by atoms with van der Waals surface area (Å²) in [7, 11) is 0. The fraction of sp³-hybridized carbons (Fsp3) is 0. The summed E-state index contributed by atoms with van der Waals surface area (Å²) in [5.74, 6) is 1.52. The molecule has 0 unspecified atom stereocenters. The summed E-state index contributed by atoms with van der Waals surface area (Å²) in [5, 5.41) is 0.614. The van der Waals surface area contributed by atoms with E-state index in [0.29, 0.717) is 5.02 Å². The molecule has 2 heteroatoms. The van der Waals surface area contributed by atoms with Gasteiger partial charge in [-0.3, -0.25) is 0 Å². The zero-order valence-electron chi connectivity index (χ0n) is 8.11. The lowest BCUT2D eigenvalue weighted by Gasteiger charge is -2.06. The standard InChI is InChI=1S/C13H10ClO/c1-10-7-8-12(9-13(10)14)15-11-5-3-2-4-6-11/h2-9H,1H2. The number of hydrogen-bond donors (Lipinski definition) is 0. The highest BCUT2D eigenvalue weighted by Gasteiger charge is 1.99. The van der Waals surface area contributed by atoms with Crippen LogP contribution in [0, 0.1) is 6.92 Å². The van der Waals surface area contributed by atoms with Crippen molar-refractivity contribution in [1.29, 1.82) is 0 Å². The van der Waals surface area contributed by atoms with Gasteiger partial charge in [0.15, 0.2) is 0 Å². The van der Waals surface area contributed by atoms with Crippen LogP contribution < -0.4 is 4.74 Å². The van der Waals surface area contributed by atoms with Gasteiger partial charge in [-0.1, -0.05) is 35.9 Å². The third-order valence-corrected chi connectivity index (χ3v) is 2.36. The van der Waals surface area contributed by atoms with Gasteiger partial charge in [0, 0.05) is 5.02 Å². The fourth-order valence-electron chi connectivity index (χ4n) is 1.22. The Labute approximate surface area is 94.3 Å². The van der Waals surface area contributed by atoms with Crippen LogP contribution in [0.5, 0.6) is 11.5 Å². The van der Waals surface area contributed by atoms with Crippen molar-refractivity contribution < 1.29 is 4.74 Å². The van der Waals surface area contributed by atoms with Crippen LogP contribution in [0.4, 0.5) is 0 Å². The van der Waals surface area contributed by atoms with Crippen LogP contribution in [0.25, 0.3) is 0 Å². The zero-order valence-corrected chi connectivity index (χ0v) is 8.87.